The molecule has 2 N–H and O–H groups in total. The van der Waals surface area contributed by atoms with Crippen molar-refractivity contribution in [2.45, 2.75) is 11.9 Å². The summed E-state index contributed by atoms with van der Waals surface area (Å²) in [6.07, 6.45) is 0. The predicted molar refractivity (Wildman–Crippen MR) is 123 cm³/mol. The summed E-state index contributed by atoms with van der Waals surface area (Å²) in [5.74, 6) is 0.216. The van der Waals surface area contributed by atoms with Gasteiger partial charge in [0.15, 0.2) is 5.78 Å². The Morgan fingerprint density at radius 2 is 1.76 bits per heavy atom. The second-order valence-corrected chi connectivity index (χ2v) is 7.59. The molecule has 1 aromatic heterocycles. The number of carbonyl (C=O) groups excluding carboxylic acids is 1. The summed E-state index contributed by atoms with van der Waals surface area (Å²) in [7, 11) is 0. The van der Waals surface area contributed by atoms with Gasteiger partial charge in [0.25, 0.3) is 5.69 Å². The van der Waals surface area contributed by atoms with Gasteiger partial charge in [-0.15, -0.1) is 0 Å². The van der Waals surface area contributed by atoms with Crippen molar-refractivity contribution in [2.24, 2.45) is 0 Å². The number of nitro groups is 1. The zero-order chi connectivity index (χ0) is 24.0. The Kier molecular flexibility index (Phi) is 7.24. The van der Waals surface area contributed by atoms with Crippen LogP contribution in [0.3, 0.4) is 0 Å². The molecule has 9 nitrogen and oxygen atoms in total. The molecule has 3 aromatic rings. The molecule has 2 aromatic carbocycles. The number of non-ortho nitro benzene ring substituents is 1. The first-order chi connectivity index (χ1) is 15.9. The molecule has 0 radical (unpaired) electrons. The van der Waals surface area contributed by atoms with E-state index in [4.69, 9.17) is 10.5 Å². The number of ether oxygens (including phenoxy) is 1. The van der Waals surface area contributed by atoms with Gasteiger partial charge < -0.3 is 10.5 Å². The first kappa shape index (κ1) is 23.3. The Labute approximate surface area is 193 Å². The number of hydrogen-bond donors (Lipinski definition) is 1. The Balaban J connectivity index is 1.94. The zero-order valence-electron chi connectivity index (χ0n) is 17.4. The molecule has 33 heavy (non-hydrogen) atoms. The standard InChI is InChI=1S/C23H17N5O4S/c1-2-32-17-9-5-15(6-10-17)21-18(11-24)22(26)27-23(19(21)12-25)33-13-20(29)14-3-7-16(8-4-14)28(30)31/h3-10H,2,13H2,1H3,(H2,26,27). The molecule has 0 spiro atoms. The third kappa shape index (κ3) is 5.09. The van der Waals surface area contributed by atoms with Gasteiger partial charge in [-0.25, -0.2) is 4.98 Å². The van der Waals surface area contributed by atoms with E-state index >= 15 is 0 Å². The normalized spacial score (nSPS) is 10.2. The number of nitriles is 2. The molecule has 0 saturated carbocycles. The highest BCUT2D eigenvalue weighted by Gasteiger charge is 2.21. The van der Waals surface area contributed by atoms with Gasteiger partial charge in [0.1, 0.15) is 34.3 Å². The number of rotatable bonds is 8. The molecule has 0 bridgehead atoms. The van der Waals surface area contributed by atoms with Gasteiger partial charge in [0, 0.05) is 23.3 Å². The molecule has 164 valence electrons. The van der Waals surface area contributed by atoms with Gasteiger partial charge in [-0.3, -0.25) is 14.9 Å². The lowest BCUT2D eigenvalue weighted by Crippen LogP contribution is -2.06. The molecule has 0 fully saturated rings. The van der Waals surface area contributed by atoms with Gasteiger partial charge in [0.05, 0.1) is 22.8 Å². The van der Waals surface area contributed by atoms with Crippen molar-refractivity contribution in [3.05, 3.63) is 75.3 Å². The lowest BCUT2D eigenvalue weighted by Gasteiger charge is -2.13. The third-order valence-electron chi connectivity index (χ3n) is 4.61. The summed E-state index contributed by atoms with van der Waals surface area (Å²) >= 11 is 1.01. The fraction of sp³-hybridized carbons (Fsp3) is 0.130. The maximum absolute atomic E-state index is 12.6. The quantitative estimate of drug-likeness (QED) is 0.224. The van der Waals surface area contributed by atoms with Crippen molar-refractivity contribution >= 4 is 29.1 Å². The molecule has 0 atom stereocenters. The van der Waals surface area contributed by atoms with Crippen LogP contribution in [0, 0.1) is 32.8 Å². The molecule has 0 aliphatic heterocycles. The molecular formula is C23H17N5O4S. The molecule has 0 amide bonds. The molecular weight excluding hydrogens is 442 g/mol. The van der Waals surface area contributed by atoms with Crippen molar-refractivity contribution in [2.75, 3.05) is 18.1 Å². The molecule has 0 aliphatic rings. The Morgan fingerprint density at radius 1 is 1.12 bits per heavy atom. The molecule has 10 heteroatoms. The van der Waals surface area contributed by atoms with Crippen molar-refractivity contribution < 1.29 is 14.5 Å². The number of nitro benzene ring substituents is 1. The molecule has 0 unspecified atom stereocenters. The van der Waals surface area contributed by atoms with Crippen molar-refractivity contribution in [3.63, 3.8) is 0 Å². The monoisotopic (exact) mass is 459 g/mol. The number of benzene rings is 2. The summed E-state index contributed by atoms with van der Waals surface area (Å²) in [5.41, 5.74) is 7.30. The number of nitrogens with zero attached hydrogens (tertiary/aromatic N) is 4. The molecule has 0 saturated heterocycles. The first-order valence-corrected chi connectivity index (χ1v) is 10.7. The molecule has 1 heterocycles. The lowest BCUT2D eigenvalue weighted by atomic mass is 9.97. The highest BCUT2D eigenvalue weighted by atomic mass is 32.2. The van der Waals surface area contributed by atoms with Gasteiger partial charge in [-0.05, 0) is 36.8 Å². The highest BCUT2D eigenvalue weighted by Crippen LogP contribution is 2.36. The van der Waals surface area contributed by atoms with E-state index in [1.807, 2.05) is 13.0 Å². The number of nitrogen functional groups attached to an aromatic ring is 1. The summed E-state index contributed by atoms with van der Waals surface area (Å²) < 4.78 is 5.44. The topological polar surface area (TPSA) is 156 Å². The number of ketones is 1. The number of aromatic nitrogens is 1. The summed E-state index contributed by atoms with van der Waals surface area (Å²) in [6, 6.07) is 16.2. The third-order valence-corrected chi connectivity index (χ3v) is 5.59. The van der Waals surface area contributed by atoms with Gasteiger partial charge in [-0.1, -0.05) is 23.9 Å². The van der Waals surface area contributed by atoms with Crippen LogP contribution in [0.25, 0.3) is 11.1 Å². The predicted octanol–water partition coefficient (Wildman–Crippen LogP) is 4.36. The van der Waals surface area contributed by atoms with E-state index in [0.29, 0.717) is 29.0 Å². The SMILES string of the molecule is CCOc1ccc(-c2c(C#N)c(N)nc(SCC(=O)c3ccc([N+](=O)[O-])cc3)c2C#N)cc1. The van der Waals surface area contributed by atoms with E-state index in [0.717, 1.165) is 11.8 Å². The number of hydrogen-bond acceptors (Lipinski definition) is 9. The van der Waals surface area contributed by atoms with E-state index in [1.54, 1.807) is 24.3 Å². The number of pyridine rings is 1. The smallest absolute Gasteiger partial charge is 0.269 e. The number of carbonyl (C=O) groups is 1. The van der Waals surface area contributed by atoms with Crippen molar-refractivity contribution in [1.29, 1.82) is 10.5 Å². The summed E-state index contributed by atoms with van der Waals surface area (Å²) in [6.45, 7) is 2.36. The van der Waals surface area contributed by atoms with Crippen LogP contribution in [0.2, 0.25) is 0 Å². The Hall–Kier alpha value is -4.41. The maximum atomic E-state index is 12.6. The van der Waals surface area contributed by atoms with Crippen LogP contribution in [0.5, 0.6) is 5.75 Å². The molecule has 0 aliphatic carbocycles. The minimum atomic E-state index is -0.548. The second kappa shape index (κ2) is 10.3. The van der Waals surface area contributed by atoms with E-state index in [2.05, 4.69) is 11.1 Å². The van der Waals surface area contributed by atoms with Gasteiger partial charge in [-0.2, -0.15) is 10.5 Å². The van der Waals surface area contributed by atoms with E-state index in [1.165, 1.54) is 24.3 Å². The minimum absolute atomic E-state index is 0.0503. The van der Waals surface area contributed by atoms with Crippen LogP contribution in [0.4, 0.5) is 11.5 Å². The first-order valence-electron chi connectivity index (χ1n) is 9.66. The zero-order valence-corrected chi connectivity index (χ0v) is 18.3. The minimum Gasteiger partial charge on any atom is -0.494 e. The van der Waals surface area contributed by atoms with Crippen molar-refractivity contribution in [1.82, 2.24) is 4.98 Å². The average Bonchev–Trinajstić information content (AvgIpc) is 2.82. The largest absolute Gasteiger partial charge is 0.494 e. The number of Topliss-reactive ketones (excluding diaryl/α,β-unsaturated/α-hetero) is 1. The number of anilines is 1. The van der Waals surface area contributed by atoms with E-state index in [-0.39, 0.29) is 39.2 Å². The van der Waals surface area contributed by atoms with Crippen LogP contribution >= 0.6 is 11.8 Å². The van der Waals surface area contributed by atoms with Gasteiger partial charge in [0.2, 0.25) is 0 Å². The second-order valence-electron chi connectivity index (χ2n) is 6.62. The summed E-state index contributed by atoms with van der Waals surface area (Å²) in [5, 5.41) is 30.5. The number of thioether (sulfide) groups is 1. The van der Waals surface area contributed by atoms with Crippen molar-refractivity contribution in [3.8, 4) is 29.0 Å². The van der Waals surface area contributed by atoms with E-state index in [9.17, 15) is 25.4 Å². The highest BCUT2D eigenvalue weighted by molar-refractivity contribution is 8.00. The average molecular weight is 459 g/mol. The van der Waals surface area contributed by atoms with Crippen LogP contribution in [-0.2, 0) is 0 Å². The molecule has 3 rings (SSSR count). The fourth-order valence-electron chi connectivity index (χ4n) is 3.06. The van der Waals surface area contributed by atoms with Crippen LogP contribution in [-0.4, -0.2) is 28.1 Å². The Bertz CT molecular complexity index is 1290. The lowest BCUT2D eigenvalue weighted by molar-refractivity contribution is -0.384. The van der Waals surface area contributed by atoms with Crippen LogP contribution < -0.4 is 10.5 Å². The maximum Gasteiger partial charge on any atom is 0.269 e. The van der Waals surface area contributed by atoms with Gasteiger partial charge >= 0.3 is 0 Å². The van der Waals surface area contributed by atoms with Crippen LogP contribution in [0.15, 0.2) is 53.6 Å². The van der Waals surface area contributed by atoms with Crippen LogP contribution in [0.1, 0.15) is 28.4 Å². The number of nitrogens with two attached hydrogens (primary N) is 1. The summed E-state index contributed by atoms with van der Waals surface area (Å²) in [4.78, 5) is 27.0. The fourth-order valence-corrected chi connectivity index (χ4v) is 3.95. The van der Waals surface area contributed by atoms with E-state index < -0.39 is 4.92 Å². The Morgan fingerprint density at radius 3 is 2.30 bits per heavy atom.